The molecule has 0 saturated heterocycles. The van der Waals surface area contributed by atoms with Gasteiger partial charge >= 0.3 is 0 Å². The number of aromatic hydroxyl groups is 1. The van der Waals surface area contributed by atoms with Crippen molar-refractivity contribution in [3.8, 4) is 11.4 Å². The molecule has 0 aliphatic carbocycles. The lowest BCUT2D eigenvalue weighted by atomic mass is 10.1. The van der Waals surface area contributed by atoms with Crippen molar-refractivity contribution in [1.29, 1.82) is 0 Å². The zero-order valence-corrected chi connectivity index (χ0v) is 14.9. The maximum atomic E-state index is 10.7. The van der Waals surface area contributed by atoms with E-state index in [1.807, 2.05) is 43.3 Å². The molecule has 0 unspecified atom stereocenters. The van der Waals surface area contributed by atoms with Gasteiger partial charge in [-0.1, -0.05) is 38.3 Å². The van der Waals surface area contributed by atoms with Gasteiger partial charge < -0.3 is 9.84 Å². The third kappa shape index (κ3) is 4.17. The van der Waals surface area contributed by atoms with Gasteiger partial charge in [0.25, 0.3) is 0 Å². The second-order valence-corrected chi connectivity index (χ2v) is 6.38. The number of phenols is 1. The third-order valence-corrected chi connectivity index (χ3v) is 4.21. The zero-order chi connectivity index (χ0) is 17.6. The summed E-state index contributed by atoms with van der Waals surface area (Å²) in [4.78, 5) is 1.50. The summed E-state index contributed by atoms with van der Waals surface area (Å²) >= 11 is 0. The standard InChI is InChI=1S/C20H25N3O2/c1-3-4-5-8-11-25-14-16-12-15(2)13-19(20(16)24)23-21-17-9-6-7-10-18(17)22-23/h6-7,9-10,12-13,24H,3-5,8,11,14H2,1-2H3. The Morgan fingerprint density at radius 2 is 1.76 bits per heavy atom. The quantitative estimate of drug-likeness (QED) is 0.613. The number of fused-ring (bicyclic) bond motifs is 1. The molecule has 3 rings (SSSR count). The van der Waals surface area contributed by atoms with E-state index in [-0.39, 0.29) is 5.75 Å². The van der Waals surface area contributed by atoms with Crippen LogP contribution in [0.4, 0.5) is 0 Å². The summed E-state index contributed by atoms with van der Waals surface area (Å²) in [5.41, 5.74) is 4.00. The van der Waals surface area contributed by atoms with Gasteiger partial charge in [-0.15, -0.1) is 15.0 Å². The second-order valence-electron chi connectivity index (χ2n) is 6.38. The summed E-state index contributed by atoms with van der Waals surface area (Å²) in [5.74, 6) is 0.180. The first-order chi connectivity index (χ1) is 12.2. The Bertz CT molecular complexity index is 809. The summed E-state index contributed by atoms with van der Waals surface area (Å²) < 4.78 is 5.74. The highest BCUT2D eigenvalue weighted by atomic mass is 16.5. The minimum absolute atomic E-state index is 0.180. The zero-order valence-electron chi connectivity index (χ0n) is 14.9. The summed E-state index contributed by atoms with van der Waals surface area (Å²) in [7, 11) is 0. The van der Waals surface area contributed by atoms with Crippen LogP contribution in [0.5, 0.6) is 5.75 Å². The van der Waals surface area contributed by atoms with Crippen molar-refractivity contribution in [3.05, 3.63) is 47.5 Å². The summed E-state index contributed by atoms with van der Waals surface area (Å²) in [6, 6.07) is 11.5. The fourth-order valence-corrected chi connectivity index (χ4v) is 2.88. The van der Waals surface area contributed by atoms with Gasteiger partial charge in [0, 0.05) is 12.2 Å². The number of ether oxygens (including phenoxy) is 1. The molecule has 0 radical (unpaired) electrons. The van der Waals surface area contributed by atoms with Gasteiger partial charge in [-0.05, 0) is 43.2 Å². The normalized spacial score (nSPS) is 11.3. The van der Waals surface area contributed by atoms with Crippen LogP contribution < -0.4 is 0 Å². The van der Waals surface area contributed by atoms with Crippen molar-refractivity contribution in [2.75, 3.05) is 6.61 Å². The highest BCUT2D eigenvalue weighted by molar-refractivity contribution is 5.73. The molecule has 0 saturated carbocycles. The molecule has 0 aliphatic heterocycles. The summed E-state index contributed by atoms with van der Waals surface area (Å²) in [6.45, 7) is 5.30. The number of nitrogens with zero attached hydrogens (tertiary/aromatic N) is 3. The number of benzene rings is 2. The SMILES string of the molecule is CCCCCCOCc1cc(C)cc(-n2nc3ccccc3n2)c1O. The van der Waals surface area contributed by atoms with Gasteiger partial charge in [0.05, 0.1) is 6.61 Å². The molecular weight excluding hydrogens is 314 g/mol. The first-order valence-corrected chi connectivity index (χ1v) is 8.91. The Morgan fingerprint density at radius 3 is 2.44 bits per heavy atom. The largest absolute Gasteiger partial charge is 0.505 e. The molecule has 1 aromatic heterocycles. The maximum Gasteiger partial charge on any atom is 0.148 e. The van der Waals surface area contributed by atoms with Crippen LogP contribution in [0, 0.1) is 6.92 Å². The molecule has 1 heterocycles. The Balaban J connectivity index is 1.77. The van der Waals surface area contributed by atoms with Crippen molar-refractivity contribution in [2.24, 2.45) is 0 Å². The molecule has 5 nitrogen and oxygen atoms in total. The molecule has 0 fully saturated rings. The van der Waals surface area contributed by atoms with Gasteiger partial charge in [0.1, 0.15) is 22.5 Å². The lowest BCUT2D eigenvalue weighted by Crippen LogP contribution is -2.03. The van der Waals surface area contributed by atoms with E-state index < -0.39 is 0 Å². The average molecular weight is 339 g/mol. The average Bonchev–Trinajstić information content (AvgIpc) is 3.04. The number of unbranched alkanes of at least 4 members (excludes halogenated alkanes) is 3. The Labute approximate surface area is 148 Å². The number of aryl methyl sites for hydroxylation is 1. The molecule has 3 aromatic rings. The van der Waals surface area contributed by atoms with Crippen molar-refractivity contribution >= 4 is 11.0 Å². The molecule has 0 amide bonds. The molecule has 25 heavy (non-hydrogen) atoms. The molecule has 0 aliphatic rings. The van der Waals surface area contributed by atoms with Crippen LogP contribution in [0.15, 0.2) is 36.4 Å². The molecule has 5 heteroatoms. The van der Waals surface area contributed by atoms with E-state index in [4.69, 9.17) is 4.74 Å². The van der Waals surface area contributed by atoms with Crippen molar-refractivity contribution in [1.82, 2.24) is 15.0 Å². The fraction of sp³-hybridized carbons (Fsp3) is 0.400. The first-order valence-electron chi connectivity index (χ1n) is 8.91. The van der Waals surface area contributed by atoms with Crippen LogP contribution in [0.1, 0.15) is 43.7 Å². The number of phenolic OH excluding ortho intramolecular Hbond substituents is 1. The van der Waals surface area contributed by atoms with E-state index in [1.54, 1.807) is 0 Å². The van der Waals surface area contributed by atoms with Crippen LogP contribution in [0.25, 0.3) is 16.7 Å². The topological polar surface area (TPSA) is 60.2 Å². The Kier molecular flexibility index (Phi) is 5.66. The van der Waals surface area contributed by atoms with Gasteiger partial charge in [-0.2, -0.15) is 0 Å². The van der Waals surface area contributed by atoms with Crippen molar-refractivity contribution in [3.63, 3.8) is 0 Å². The third-order valence-electron chi connectivity index (χ3n) is 4.21. The smallest absolute Gasteiger partial charge is 0.148 e. The minimum atomic E-state index is 0.180. The van der Waals surface area contributed by atoms with Crippen LogP contribution in [-0.2, 0) is 11.3 Å². The van der Waals surface area contributed by atoms with Gasteiger partial charge in [0.2, 0.25) is 0 Å². The molecule has 0 spiro atoms. The molecule has 0 atom stereocenters. The summed E-state index contributed by atoms with van der Waals surface area (Å²) in [6.07, 6.45) is 4.69. The second kappa shape index (κ2) is 8.12. The van der Waals surface area contributed by atoms with Gasteiger partial charge in [0.15, 0.2) is 0 Å². The minimum Gasteiger partial charge on any atom is -0.505 e. The van der Waals surface area contributed by atoms with Crippen LogP contribution in [0.3, 0.4) is 0 Å². The van der Waals surface area contributed by atoms with E-state index in [0.717, 1.165) is 28.6 Å². The molecular formula is C20H25N3O2. The van der Waals surface area contributed by atoms with E-state index >= 15 is 0 Å². The molecule has 0 bridgehead atoms. The lowest BCUT2D eigenvalue weighted by molar-refractivity contribution is 0.115. The monoisotopic (exact) mass is 339 g/mol. The van der Waals surface area contributed by atoms with Crippen molar-refractivity contribution in [2.45, 2.75) is 46.1 Å². The van der Waals surface area contributed by atoms with Crippen LogP contribution in [-0.4, -0.2) is 26.7 Å². The number of hydrogen-bond acceptors (Lipinski definition) is 4. The van der Waals surface area contributed by atoms with Crippen molar-refractivity contribution < 1.29 is 9.84 Å². The molecule has 132 valence electrons. The first kappa shape index (κ1) is 17.4. The Hall–Kier alpha value is -2.40. The lowest BCUT2D eigenvalue weighted by Gasteiger charge is -2.11. The van der Waals surface area contributed by atoms with Gasteiger partial charge in [-0.25, -0.2) is 0 Å². The predicted octanol–water partition coefficient (Wildman–Crippen LogP) is 4.53. The highest BCUT2D eigenvalue weighted by Crippen LogP contribution is 2.28. The van der Waals surface area contributed by atoms with E-state index in [2.05, 4.69) is 17.1 Å². The molecule has 1 N–H and O–H groups in total. The molecule has 2 aromatic carbocycles. The number of aromatic nitrogens is 3. The van der Waals surface area contributed by atoms with Crippen LogP contribution in [0.2, 0.25) is 0 Å². The van der Waals surface area contributed by atoms with E-state index in [0.29, 0.717) is 18.9 Å². The number of rotatable bonds is 8. The van der Waals surface area contributed by atoms with Gasteiger partial charge in [-0.3, -0.25) is 0 Å². The predicted molar refractivity (Wildman–Crippen MR) is 99.1 cm³/mol. The van der Waals surface area contributed by atoms with Crippen LogP contribution >= 0.6 is 0 Å². The number of hydrogen-bond donors (Lipinski definition) is 1. The summed E-state index contributed by atoms with van der Waals surface area (Å²) in [5, 5.41) is 19.6. The highest BCUT2D eigenvalue weighted by Gasteiger charge is 2.13. The van der Waals surface area contributed by atoms with E-state index in [1.165, 1.54) is 24.1 Å². The Morgan fingerprint density at radius 1 is 1.04 bits per heavy atom. The van der Waals surface area contributed by atoms with E-state index in [9.17, 15) is 5.11 Å². The maximum absolute atomic E-state index is 10.7. The fourth-order valence-electron chi connectivity index (χ4n) is 2.88.